The predicted molar refractivity (Wildman–Crippen MR) is 116 cm³/mol. The molecule has 0 radical (unpaired) electrons. The third kappa shape index (κ3) is 9.41. The zero-order chi connectivity index (χ0) is 24.6. The second-order valence-electron chi connectivity index (χ2n) is 9.63. The summed E-state index contributed by atoms with van der Waals surface area (Å²) in [6, 6.07) is -0.814. The Morgan fingerprint density at radius 2 is 1.70 bits per heavy atom. The smallest absolute Gasteiger partial charge is 0.384 e. The maximum Gasteiger partial charge on any atom is 0.522 e. The molecule has 2 rings (SSSR count). The minimum Gasteiger partial charge on any atom is -0.384 e. The van der Waals surface area contributed by atoms with Crippen molar-refractivity contribution in [3.63, 3.8) is 0 Å². The predicted octanol–water partition coefficient (Wildman–Crippen LogP) is 3.51. The minimum absolute atomic E-state index is 0.0955. The van der Waals surface area contributed by atoms with Crippen LogP contribution >= 0.6 is 0 Å². The van der Waals surface area contributed by atoms with Crippen LogP contribution in [0.3, 0.4) is 0 Å². The normalized spacial score (nSPS) is 26.2. The van der Waals surface area contributed by atoms with Crippen molar-refractivity contribution in [2.75, 3.05) is 33.4 Å². The molecule has 2 fully saturated rings. The topological polar surface area (TPSA) is 77.1 Å². The second-order valence-corrected chi connectivity index (χ2v) is 9.63. The molecule has 0 aromatic carbocycles. The van der Waals surface area contributed by atoms with Gasteiger partial charge in [-0.15, -0.1) is 13.2 Å². The van der Waals surface area contributed by atoms with Gasteiger partial charge < -0.3 is 19.7 Å². The number of piperidine rings is 1. The van der Waals surface area contributed by atoms with E-state index in [0.29, 0.717) is 52.0 Å². The van der Waals surface area contributed by atoms with Gasteiger partial charge in [-0.05, 0) is 57.3 Å². The van der Waals surface area contributed by atoms with Gasteiger partial charge in [-0.2, -0.15) is 0 Å². The SMILES string of the molecule is COCC1CCCN(C(=O)C(NC(=O)C(C)C)C(C)OCC2CCC(OC(F)(F)F)CC2)C1. The van der Waals surface area contributed by atoms with Crippen molar-refractivity contribution >= 4 is 11.8 Å². The van der Waals surface area contributed by atoms with Crippen LogP contribution in [0, 0.1) is 17.8 Å². The van der Waals surface area contributed by atoms with Gasteiger partial charge in [0.25, 0.3) is 0 Å². The van der Waals surface area contributed by atoms with Crippen molar-refractivity contribution in [1.82, 2.24) is 10.2 Å². The molecule has 1 saturated carbocycles. The second kappa shape index (κ2) is 12.9. The molecule has 3 atom stereocenters. The van der Waals surface area contributed by atoms with E-state index in [1.807, 2.05) is 0 Å². The van der Waals surface area contributed by atoms with Crippen LogP contribution < -0.4 is 5.32 Å². The number of halogens is 3. The zero-order valence-corrected chi connectivity index (χ0v) is 20.2. The molecule has 0 aromatic rings. The first-order chi connectivity index (χ1) is 15.5. The molecule has 1 aliphatic carbocycles. The average Bonchev–Trinajstić information content (AvgIpc) is 2.75. The molecule has 1 aliphatic heterocycles. The molecule has 7 nitrogen and oxygen atoms in total. The number of hydrogen-bond acceptors (Lipinski definition) is 5. The summed E-state index contributed by atoms with van der Waals surface area (Å²) in [6.45, 7) is 7.41. The summed E-state index contributed by atoms with van der Waals surface area (Å²) in [5.41, 5.74) is 0. The third-order valence-corrected chi connectivity index (χ3v) is 6.48. The molecule has 10 heteroatoms. The Morgan fingerprint density at radius 3 is 2.27 bits per heavy atom. The van der Waals surface area contributed by atoms with E-state index in [0.717, 1.165) is 12.8 Å². The monoisotopic (exact) mass is 480 g/mol. The van der Waals surface area contributed by atoms with Crippen molar-refractivity contribution in [2.24, 2.45) is 17.8 Å². The first-order valence-electron chi connectivity index (χ1n) is 11.9. The molecule has 2 amide bonds. The molecular formula is C23H39F3N2O5. The van der Waals surface area contributed by atoms with Gasteiger partial charge in [0.15, 0.2) is 0 Å². The zero-order valence-electron chi connectivity index (χ0n) is 20.2. The number of nitrogens with one attached hydrogen (secondary N) is 1. The molecule has 1 heterocycles. The van der Waals surface area contributed by atoms with E-state index < -0.39 is 24.6 Å². The van der Waals surface area contributed by atoms with Crippen LogP contribution in [0.15, 0.2) is 0 Å². The van der Waals surface area contributed by atoms with Crippen molar-refractivity contribution in [2.45, 2.75) is 83.9 Å². The first kappa shape index (κ1) is 27.9. The fourth-order valence-electron chi connectivity index (χ4n) is 4.52. The minimum atomic E-state index is -4.61. The lowest BCUT2D eigenvalue weighted by Crippen LogP contribution is -2.57. The van der Waals surface area contributed by atoms with Gasteiger partial charge in [0.1, 0.15) is 6.04 Å². The Bertz CT molecular complexity index is 622. The van der Waals surface area contributed by atoms with Crippen LogP contribution in [0.1, 0.15) is 59.3 Å². The lowest BCUT2D eigenvalue weighted by atomic mass is 9.88. The van der Waals surface area contributed by atoms with Gasteiger partial charge in [0, 0.05) is 32.7 Å². The fourth-order valence-corrected chi connectivity index (χ4v) is 4.52. The number of likely N-dealkylation sites (tertiary alicyclic amines) is 1. The van der Waals surface area contributed by atoms with Gasteiger partial charge in [-0.3, -0.25) is 14.3 Å². The Labute approximate surface area is 194 Å². The van der Waals surface area contributed by atoms with Gasteiger partial charge in [0.05, 0.1) is 18.8 Å². The van der Waals surface area contributed by atoms with Crippen LogP contribution in [-0.4, -0.2) is 74.7 Å². The van der Waals surface area contributed by atoms with E-state index in [9.17, 15) is 22.8 Å². The van der Waals surface area contributed by atoms with E-state index in [-0.39, 0.29) is 29.6 Å². The molecule has 192 valence electrons. The highest BCUT2D eigenvalue weighted by Crippen LogP contribution is 2.31. The quantitative estimate of drug-likeness (QED) is 0.518. The molecular weight excluding hydrogens is 441 g/mol. The van der Waals surface area contributed by atoms with E-state index >= 15 is 0 Å². The summed E-state index contributed by atoms with van der Waals surface area (Å²) < 4.78 is 52.6. The standard InChI is InChI=1S/C23H39F3N2O5/c1-15(2)21(29)27-20(22(30)28-11-5-6-18(12-28)13-31-4)16(3)32-14-17-7-9-19(10-8-17)33-23(24,25)26/h15-20H,5-14H2,1-4H3,(H,27,29). The molecule has 2 aliphatic rings. The number of amides is 2. The molecule has 33 heavy (non-hydrogen) atoms. The van der Waals surface area contributed by atoms with Gasteiger partial charge in [-0.1, -0.05) is 13.8 Å². The first-order valence-corrected chi connectivity index (χ1v) is 11.9. The maximum atomic E-state index is 13.3. The Hall–Kier alpha value is -1.39. The fraction of sp³-hybridized carbons (Fsp3) is 0.913. The summed E-state index contributed by atoms with van der Waals surface area (Å²) >= 11 is 0. The lowest BCUT2D eigenvalue weighted by Gasteiger charge is -2.37. The van der Waals surface area contributed by atoms with Crippen LogP contribution in [0.25, 0.3) is 0 Å². The van der Waals surface area contributed by atoms with Gasteiger partial charge in [0.2, 0.25) is 11.8 Å². The number of ether oxygens (including phenoxy) is 3. The number of nitrogens with zero attached hydrogens (tertiary/aromatic N) is 1. The van der Waals surface area contributed by atoms with Crippen molar-refractivity contribution < 1.29 is 37.0 Å². The van der Waals surface area contributed by atoms with Crippen molar-refractivity contribution in [3.05, 3.63) is 0 Å². The molecule has 0 bridgehead atoms. The van der Waals surface area contributed by atoms with E-state index in [2.05, 4.69) is 10.1 Å². The number of methoxy groups -OCH3 is 1. The highest BCUT2D eigenvalue weighted by molar-refractivity contribution is 5.88. The van der Waals surface area contributed by atoms with Gasteiger partial charge >= 0.3 is 6.36 Å². The maximum absolute atomic E-state index is 13.3. The van der Waals surface area contributed by atoms with Crippen LogP contribution in [0.4, 0.5) is 13.2 Å². The van der Waals surface area contributed by atoms with Crippen LogP contribution in [-0.2, 0) is 23.8 Å². The van der Waals surface area contributed by atoms with E-state index in [4.69, 9.17) is 9.47 Å². The molecule has 3 unspecified atom stereocenters. The molecule has 1 saturated heterocycles. The van der Waals surface area contributed by atoms with E-state index in [1.165, 1.54) is 0 Å². The van der Waals surface area contributed by atoms with Gasteiger partial charge in [-0.25, -0.2) is 0 Å². The Kier molecular flexibility index (Phi) is 10.9. The van der Waals surface area contributed by atoms with Crippen molar-refractivity contribution in [1.29, 1.82) is 0 Å². The number of carbonyl (C=O) groups is 2. The highest BCUT2D eigenvalue weighted by Gasteiger charge is 2.37. The molecule has 0 aromatic heterocycles. The highest BCUT2D eigenvalue weighted by atomic mass is 19.4. The summed E-state index contributed by atoms with van der Waals surface area (Å²) in [5, 5.41) is 2.85. The number of hydrogen-bond donors (Lipinski definition) is 1. The Morgan fingerprint density at radius 1 is 1.03 bits per heavy atom. The summed E-state index contributed by atoms with van der Waals surface area (Å²) in [6.07, 6.45) is -2.33. The molecule has 1 N–H and O–H groups in total. The van der Waals surface area contributed by atoms with E-state index in [1.54, 1.807) is 32.8 Å². The number of alkyl halides is 3. The average molecular weight is 481 g/mol. The summed E-state index contributed by atoms with van der Waals surface area (Å²) in [5.74, 6) is -0.310. The van der Waals surface area contributed by atoms with Crippen molar-refractivity contribution in [3.8, 4) is 0 Å². The number of carbonyl (C=O) groups excluding carboxylic acids is 2. The Balaban J connectivity index is 1.93. The van der Waals surface area contributed by atoms with Crippen LogP contribution in [0.5, 0.6) is 0 Å². The lowest BCUT2D eigenvalue weighted by molar-refractivity contribution is -0.345. The largest absolute Gasteiger partial charge is 0.522 e. The third-order valence-electron chi connectivity index (χ3n) is 6.48. The molecule has 0 spiro atoms. The number of rotatable bonds is 10. The summed E-state index contributed by atoms with van der Waals surface area (Å²) in [7, 11) is 1.64. The van der Waals surface area contributed by atoms with Crippen LogP contribution in [0.2, 0.25) is 0 Å². The summed E-state index contributed by atoms with van der Waals surface area (Å²) in [4.78, 5) is 27.5.